The molecule has 0 saturated carbocycles. The number of hydrogen-bond acceptors (Lipinski definition) is 1. The molecular formula is C50H30O. The largest absolute Gasteiger partial charge is 0.455 e. The van der Waals surface area contributed by atoms with E-state index in [1.54, 1.807) is 0 Å². The van der Waals surface area contributed by atoms with Crippen LogP contribution in [0.3, 0.4) is 0 Å². The van der Waals surface area contributed by atoms with E-state index in [2.05, 4.69) is 60.7 Å². The minimum absolute atomic E-state index is 0.0506. The monoisotopic (exact) mass is 655 g/mol. The first-order valence-electron chi connectivity index (χ1n) is 21.4. The third-order valence-electron chi connectivity index (χ3n) is 10.1. The van der Waals surface area contributed by atoms with E-state index in [1.165, 1.54) is 0 Å². The van der Waals surface area contributed by atoms with Gasteiger partial charge in [-0.15, -0.1) is 0 Å². The van der Waals surface area contributed by atoms with E-state index in [1.807, 2.05) is 66.7 Å². The second kappa shape index (κ2) is 10.9. The van der Waals surface area contributed by atoms with Crippen molar-refractivity contribution in [3.05, 3.63) is 182 Å². The van der Waals surface area contributed by atoms with Crippen molar-refractivity contribution in [3.8, 4) is 33.4 Å². The van der Waals surface area contributed by atoms with Gasteiger partial charge in [0, 0.05) is 16.2 Å². The summed E-state index contributed by atoms with van der Waals surface area (Å²) in [5, 5.41) is 8.04. The third-order valence-corrected chi connectivity index (χ3v) is 10.1. The molecule has 0 atom stereocenters. The van der Waals surface area contributed by atoms with Crippen LogP contribution in [0.15, 0.2) is 186 Å². The average Bonchev–Trinajstić information content (AvgIpc) is 3.67. The van der Waals surface area contributed by atoms with Crippen molar-refractivity contribution < 1.29 is 16.8 Å². The second-order valence-corrected chi connectivity index (χ2v) is 12.9. The van der Waals surface area contributed by atoms with Gasteiger partial charge in [0.25, 0.3) is 0 Å². The maximum absolute atomic E-state index is 9.51. The van der Waals surface area contributed by atoms with Crippen LogP contribution in [0.1, 0.15) is 12.3 Å². The van der Waals surface area contributed by atoms with Gasteiger partial charge in [-0.2, -0.15) is 0 Å². The Morgan fingerprint density at radius 2 is 1.00 bits per heavy atom. The van der Waals surface area contributed by atoms with Crippen LogP contribution in [0.4, 0.5) is 0 Å². The lowest BCUT2D eigenvalue weighted by Crippen LogP contribution is -1.92. The fourth-order valence-electron chi connectivity index (χ4n) is 7.93. The molecule has 1 heterocycles. The molecule has 0 spiro atoms. The van der Waals surface area contributed by atoms with E-state index in [9.17, 15) is 2.74 Å². The lowest BCUT2D eigenvalue weighted by Gasteiger charge is -2.19. The molecular weight excluding hydrogens is 617 g/mol. The fourth-order valence-corrected chi connectivity index (χ4v) is 7.93. The molecule has 1 nitrogen and oxygen atoms in total. The number of fused-ring (bicyclic) bond motifs is 9. The summed E-state index contributed by atoms with van der Waals surface area (Å²) in [4.78, 5) is 0. The Morgan fingerprint density at radius 3 is 1.76 bits per heavy atom. The molecule has 0 aliphatic rings. The molecule has 0 radical (unpaired) electrons. The van der Waals surface area contributed by atoms with E-state index >= 15 is 0 Å². The molecule has 0 fully saturated rings. The SMILES string of the molecule is [2H]c1c([2H])c(-c2cc(-c3c4ccccc4c(-c4ccc5ccccc5c4)c4ccccc34)cc3ccccc23)c2c(oc3c4c([2H])c([2H])c([2H])c([2H])c4c([2H])c([2H])c32)c1[2H]. The van der Waals surface area contributed by atoms with Crippen LogP contribution < -0.4 is 0 Å². The zero-order valence-electron chi connectivity index (χ0n) is 36.0. The van der Waals surface area contributed by atoms with Crippen molar-refractivity contribution in [1.29, 1.82) is 0 Å². The summed E-state index contributed by atoms with van der Waals surface area (Å²) in [6.07, 6.45) is 0. The molecule has 0 unspecified atom stereocenters. The summed E-state index contributed by atoms with van der Waals surface area (Å²) in [5.74, 6) is 0. The predicted octanol–water partition coefficient (Wildman–Crippen LogP) is 14.4. The van der Waals surface area contributed by atoms with Gasteiger partial charge in [0.2, 0.25) is 0 Å². The van der Waals surface area contributed by atoms with Gasteiger partial charge in [-0.25, -0.2) is 0 Å². The van der Waals surface area contributed by atoms with Gasteiger partial charge < -0.3 is 4.42 Å². The van der Waals surface area contributed by atoms with Crippen molar-refractivity contribution >= 4 is 75.8 Å². The molecule has 11 aromatic rings. The fraction of sp³-hybridized carbons (Fsp3) is 0. The van der Waals surface area contributed by atoms with Gasteiger partial charge in [0.05, 0.1) is 12.3 Å². The first-order chi connectivity index (χ1) is 29.0. The van der Waals surface area contributed by atoms with Gasteiger partial charge in [-0.1, -0.05) is 151 Å². The van der Waals surface area contributed by atoms with Crippen molar-refractivity contribution in [2.75, 3.05) is 0 Å². The van der Waals surface area contributed by atoms with Gasteiger partial charge >= 0.3 is 0 Å². The third kappa shape index (κ3) is 4.22. The molecule has 1 aromatic heterocycles. The number of benzene rings is 10. The Balaban J connectivity index is 1.28. The Hall–Kier alpha value is -6.70. The standard InChI is InChI=1S/C50H30O/c1-2-14-33-28-35(25-24-31(33)12-1)47-39-18-7-9-20-41(39)48(42-21-10-8-19-40(42)47)36-29-34-15-4-5-16-37(34)45(30-36)43-22-11-23-46-49(43)44-27-26-32-13-3-6-17-38(32)50(44)51-46/h1-30H/i3D,6D,11D,13D,17D,22D,23D,26D,27D. The predicted molar refractivity (Wildman–Crippen MR) is 218 cm³/mol. The first kappa shape index (κ1) is 20.7. The highest BCUT2D eigenvalue weighted by molar-refractivity contribution is 6.24. The molecule has 0 saturated heterocycles. The lowest BCUT2D eigenvalue weighted by atomic mass is 9.84. The molecule has 1 heteroatoms. The van der Waals surface area contributed by atoms with E-state index in [4.69, 9.17) is 14.0 Å². The maximum atomic E-state index is 9.51. The molecule has 0 bridgehead atoms. The quantitative estimate of drug-likeness (QED) is 0.173. The second-order valence-electron chi connectivity index (χ2n) is 12.9. The highest BCUT2D eigenvalue weighted by Crippen LogP contribution is 2.47. The van der Waals surface area contributed by atoms with Crippen LogP contribution in [-0.4, -0.2) is 0 Å². The van der Waals surface area contributed by atoms with Crippen molar-refractivity contribution in [2.24, 2.45) is 0 Å². The van der Waals surface area contributed by atoms with E-state index < -0.39 is 42.3 Å². The van der Waals surface area contributed by atoms with Gasteiger partial charge in [0.1, 0.15) is 11.2 Å². The number of rotatable bonds is 3. The summed E-state index contributed by atoms with van der Waals surface area (Å²) in [5.41, 5.74) is 4.62. The van der Waals surface area contributed by atoms with E-state index in [0.717, 1.165) is 65.3 Å². The van der Waals surface area contributed by atoms with Crippen LogP contribution in [-0.2, 0) is 0 Å². The van der Waals surface area contributed by atoms with Gasteiger partial charge in [-0.05, 0) is 112 Å². The molecule has 51 heavy (non-hydrogen) atoms. The molecule has 10 aromatic carbocycles. The van der Waals surface area contributed by atoms with Crippen LogP contribution in [0, 0.1) is 0 Å². The molecule has 236 valence electrons. The first-order valence-corrected chi connectivity index (χ1v) is 16.9. The van der Waals surface area contributed by atoms with Crippen molar-refractivity contribution in [3.63, 3.8) is 0 Å². The van der Waals surface area contributed by atoms with Crippen LogP contribution in [0.2, 0.25) is 0 Å². The Bertz CT molecular complexity index is 3660. The maximum Gasteiger partial charge on any atom is 0.143 e. The highest BCUT2D eigenvalue weighted by Gasteiger charge is 2.20. The summed E-state index contributed by atoms with van der Waals surface area (Å²) >= 11 is 0. The Morgan fingerprint density at radius 1 is 0.373 bits per heavy atom. The highest BCUT2D eigenvalue weighted by atomic mass is 16.3. The van der Waals surface area contributed by atoms with Crippen molar-refractivity contribution in [2.45, 2.75) is 0 Å². The van der Waals surface area contributed by atoms with E-state index in [0.29, 0.717) is 5.56 Å². The molecule has 0 aliphatic carbocycles. The zero-order valence-corrected chi connectivity index (χ0v) is 27.0. The summed E-state index contributed by atoms with van der Waals surface area (Å²) in [7, 11) is 0. The molecule has 0 aliphatic heterocycles. The molecule has 11 rings (SSSR count). The minimum atomic E-state index is -0.534. The summed E-state index contributed by atoms with van der Waals surface area (Å²) < 4.78 is 86.5. The molecule has 0 N–H and O–H groups in total. The summed E-state index contributed by atoms with van der Waals surface area (Å²) in [6.45, 7) is 0. The zero-order chi connectivity index (χ0) is 41.3. The number of furan rings is 1. The van der Waals surface area contributed by atoms with Gasteiger partial charge in [-0.3, -0.25) is 0 Å². The van der Waals surface area contributed by atoms with Crippen LogP contribution in [0.5, 0.6) is 0 Å². The molecule has 0 amide bonds. The topological polar surface area (TPSA) is 13.1 Å². The Kier molecular flexibility index (Phi) is 4.43. The average molecular weight is 656 g/mol. The summed E-state index contributed by atoms with van der Waals surface area (Å²) in [6, 6.07) is 39.7. The van der Waals surface area contributed by atoms with E-state index in [-0.39, 0.29) is 50.4 Å². The van der Waals surface area contributed by atoms with Crippen molar-refractivity contribution in [1.82, 2.24) is 0 Å². The number of hydrogen-bond donors (Lipinski definition) is 0. The van der Waals surface area contributed by atoms with Crippen LogP contribution in [0.25, 0.3) is 109 Å². The van der Waals surface area contributed by atoms with Gasteiger partial charge in [0.15, 0.2) is 0 Å². The Labute approximate surface area is 307 Å². The minimum Gasteiger partial charge on any atom is -0.455 e. The lowest BCUT2D eigenvalue weighted by molar-refractivity contribution is 0.673. The van der Waals surface area contributed by atoms with Crippen LogP contribution >= 0.6 is 0 Å². The smallest absolute Gasteiger partial charge is 0.143 e. The normalized spacial score (nSPS) is 14.4.